The molecular formula is C14H22N2O. The molecule has 0 amide bonds. The van der Waals surface area contributed by atoms with Crippen LogP contribution in [0.15, 0.2) is 24.4 Å². The van der Waals surface area contributed by atoms with Gasteiger partial charge in [-0.15, -0.1) is 0 Å². The van der Waals surface area contributed by atoms with Gasteiger partial charge in [0.15, 0.2) is 0 Å². The lowest BCUT2D eigenvalue weighted by molar-refractivity contribution is 0.0979. The normalized spacial score (nSPS) is 29.2. The van der Waals surface area contributed by atoms with Crippen molar-refractivity contribution in [2.24, 2.45) is 5.92 Å². The van der Waals surface area contributed by atoms with Gasteiger partial charge in [0.05, 0.1) is 12.3 Å². The standard InChI is InChI=1S/C14H22N2O/c1-12-5-4-7-14(9-12,11-17)16-10-13-6-2-3-8-15-13/h2-3,6,8,12,16-17H,4-5,7,9-11H2,1H3. The summed E-state index contributed by atoms with van der Waals surface area (Å²) in [4.78, 5) is 4.30. The molecule has 2 atom stereocenters. The molecule has 1 heterocycles. The van der Waals surface area contributed by atoms with Gasteiger partial charge >= 0.3 is 0 Å². The van der Waals surface area contributed by atoms with E-state index >= 15 is 0 Å². The van der Waals surface area contributed by atoms with Crippen LogP contribution < -0.4 is 5.32 Å². The van der Waals surface area contributed by atoms with E-state index in [0.717, 1.165) is 25.1 Å². The molecule has 1 fully saturated rings. The van der Waals surface area contributed by atoms with E-state index in [1.165, 1.54) is 12.8 Å². The lowest BCUT2D eigenvalue weighted by atomic mass is 9.77. The van der Waals surface area contributed by atoms with Gasteiger partial charge in [0.2, 0.25) is 0 Å². The molecule has 0 aliphatic heterocycles. The minimum Gasteiger partial charge on any atom is -0.394 e. The van der Waals surface area contributed by atoms with Gasteiger partial charge in [-0.2, -0.15) is 0 Å². The summed E-state index contributed by atoms with van der Waals surface area (Å²) in [5, 5.41) is 13.2. The van der Waals surface area contributed by atoms with Crippen LogP contribution in [0.4, 0.5) is 0 Å². The first-order valence-electron chi connectivity index (χ1n) is 6.50. The summed E-state index contributed by atoms with van der Waals surface area (Å²) in [6.07, 6.45) is 6.44. The molecule has 2 unspecified atom stereocenters. The van der Waals surface area contributed by atoms with Crippen molar-refractivity contribution in [3.8, 4) is 0 Å². The maximum Gasteiger partial charge on any atom is 0.0613 e. The first-order valence-corrected chi connectivity index (χ1v) is 6.50. The number of nitrogens with zero attached hydrogens (tertiary/aromatic N) is 1. The van der Waals surface area contributed by atoms with Gasteiger partial charge in [-0.05, 0) is 30.9 Å². The van der Waals surface area contributed by atoms with E-state index in [2.05, 4.69) is 17.2 Å². The molecule has 0 aromatic carbocycles. The number of aromatic nitrogens is 1. The molecule has 0 spiro atoms. The van der Waals surface area contributed by atoms with E-state index in [4.69, 9.17) is 0 Å². The number of nitrogens with one attached hydrogen (secondary N) is 1. The maximum atomic E-state index is 9.65. The average molecular weight is 234 g/mol. The van der Waals surface area contributed by atoms with Gasteiger partial charge in [-0.3, -0.25) is 4.98 Å². The molecule has 1 aromatic heterocycles. The van der Waals surface area contributed by atoms with Crippen molar-refractivity contribution in [3.05, 3.63) is 30.1 Å². The van der Waals surface area contributed by atoms with Crippen molar-refractivity contribution in [1.29, 1.82) is 0 Å². The summed E-state index contributed by atoms with van der Waals surface area (Å²) in [6, 6.07) is 5.94. The third-order valence-corrected chi connectivity index (χ3v) is 3.76. The van der Waals surface area contributed by atoms with E-state index in [1.807, 2.05) is 24.4 Å². The predicted molar refractivity (Wildman–Crippen MR) is 68.5 cm³/mol. The van der Waals surface area contributed by atoms with Crippen molar-refractivity contribution in [2.45, 2.75) is 44.7 Å². The lowest BCUT2D eigenvalue weighted by Gasteiger charge is -2.39. The number of pyridine rings is 1. The van der Waals surface area contributed by atoms with Crippen LogP contribution in [0, 0.1) is 5.92 Å². The summed E-state index contributed by atoms with van der Waals surface area (Å²) in [5.41, 5.74) is 0.952. The molecule has 3 heteroatoms. The second-order valence-corrected chi connectivity index (χ2v) is 5.31. The van der Waals surface area contributed by atoms with Gasteiger partial charge in [0.1, 0.15) is 0 Å². The highest BCUT2D eigenvalue weighted by Crippen LogP contribution is 2.32. The van der Waals surface area contributed by atoms with E-state index in [0.29, 0.717) is 5.92 Å². The van der Waals surface area contributed by atoms with Crippen molar-refractivity contribution in [3.63, 3.8) is 0 Å². The molecule has 2 N–H and O–H groups in total. The second-order valence-electron chi connectivity index (χ2n) is 5.31. The molecule has 1 saturated carbocycles. The van der Waals surface area contributed by atoms with Gasteiger partial charge in [0, 0.05) is 18.3 Å². The summed E-state index contributed by atoms with van der Waals surface area (Å²) >= 11 is 0. The smallest absolute Gasteiger partial charge is 0.0613 e. The highest BCUT2D eigenvalue weighted by Gasteiger charge is 2.33. The number of hydrogen-bond donors (Lipinski definition) is 2. The molecular weight excluding hydrogens is 212 g/mol. The molecule has 3 nitrogen and oxygen atoms in total. The van der Waals surface area contributed by atoms with E-state index in [1.54, 1.807) is 0 Å². The molecule has 1 aliphatic rings. The number of aliphatic hydroxyl groups is 1. The number of hydrogen-bond acceptors (Lipinski definition) is 3. The Balaban J connectivity index is 1.95. The van der Waals surface area contributed by atoms with Crippen LogP contribution in [0.2, 0.25) is 0 Å². The molecule has 0 radical (unpaired) electrons. The third-order valence-electron chi connectivity index (χ3n) is 3.76. The molecule has 1 aliphatic carbocycles. The molecule has 94 valence electrons. The fourth-order valence-electron chi connectivity index (χ4n) is 2.80. The number of aliphatic hydroxyl groups excluding tert-OH is 1. The van der Waals surface area contributed by atoms with Crippen molar-refractivity contribution < 1.29 is 5.11 Å². The van der Waals surface area contributed by atoms with Crippen LogP contribution in [0.3, 0.4) is 0 Å². The van der Waals surface area contributed by atoms with Gasteiger partial charge < -0.3 is 10.4 Å². The highest BCUT2D eigenvalue weighted by molar-refractivity contribution is 5.04. The Hall–Kier alpha value is -0.930. The fraction of sp³-hybridized carbons (Fsp3) is 0.643. The zero-order valence-electron chi connectivity index (χ0n) is 10.5. The van der Waals surface area contributed by atoms with Crippen molar-refractivity contribution in [1.82, 2.24) is 10.3 Å². The van der Waals surface area contributed by atoms with Crippen LogP contribution >= 0.6 is 0 Å². The Labute approximate surface area is 103 Å². The van der Waals surface area contributed by atoms with Crippen LogP contribution in [0.25, 0.3) is 0 Å². The topological polar surface area (TPSA) is 45.1 Å². The lowest BCUT2D eigenvalue weighted by Crippen LogP contribution is -2.51. The third kappa shape index (κ3) is 3.27. The van der Waals surface area contributed by atoms with Crippen LogP contribution in [-0.2, 0) is 6.54 Å². The molecule has 17 heavy (non-hydrogen) atoms. The minimum atomic E-state index is -0.0881. The van der Waals surface area contributed by atoms with Gasteiger partial charge in [-0.25, -0.2) is 0 Å². The monoisotopic (exact) mass is 234 g/mol. The largest absolute Gasteiger partial charge is 0.394 e. The Bertz CT molecular complexity index is 341. The molecule has 2 rings (SSSR count). The zero-order valence-corrected chi connectivity index (χ0v) is 10.5. The SMILES string of the molecule is CC1CCCC(CO)(NCc2ccccn2)C1. The molecule has 0 bridgehead atoms. The summed E-state index contributed by atoms with van der Waals surface area (Å²) in [5.74, 6) is 0.701. The van der Waals surface area contributed by atoms with Gasteiger partial charge in [-0.1, -0.05) is 25.8 Å². The fourth-order valence-corrected chi connectivity index (χ4v) is 2.80. The minimum absolute atomic E-state index is 0.0881. The second kappa shape index (κ2) is 5.61. The first kappa shape index (κ1) is 12.5. The zero-order chi connectivity index (χ0) is 12.1. The predicted octanol–water partition coefficient (Wildman–Crippen LogP) is 2.11. The van der Waals surface area contributed by atoms with Crippen molar-refractivity contribution in [2.75, 3.05) is 6.61 Å². The summed E-state index contributed by atoms with van der Waals surface area (Å²) in [7, 11) is 0. The Kier molecular flexibility index (Phi) is 4.13. The first-order chi connectivity index (χ1) is 8.24. The van der Waals surface area contributed by atoms with E-state index < -0.39 is 0 Å². The Morgan fingerprint density at radius 1 is 1.53 bits per heavy atom. The highest BCUT2D eigenvalue weighted by atomic mass is 16.3. The average Bonchev–Trinajstić information content (AvgIpc) is 2.38. The Morgan fingerprint density at radius 3 is 3.06 bits per heavy atom. The van der Waals surface area contributed by atoms with Crippen molar-refractivity contribution >= 4 is 0 Å². The van der Waals surface area contributed by atoms with Gasteiger partial charge in [0.25, 0.3) is 0 Å². The molecule has 0 saturated heterocycles. The van der Waals surface area contributed by atoms with E-state index in [9.17, 15) is 5.11 Å². The molecule has 1 aromatic rings. The Morgan fingerprint density at radius 2 is 2.41 bits per heavy atom. The summed E-state index contributed by atoms with van der Waals surface area (Å²) < 4.78 is 0. The van der Waals surface area contributed by atoms with Crippen LogP contribution in [-0.4, -0.2) is 22.2 Å². The number of rotatable bonds is 4. The summed E-state index contributed by atoms with van der Waals surface area (Å²) in [6.45, 7) is 3.24. The van der Waals surface area contributed by atoms with Crippen LogP contribution in [0.1, 0.15) is 38.3 Å². The maximum absolute atomic E-state index is 9.65. The quantitative estimate of drug-likeness (QED) is 0.838. The van der Waals surface area contributed by atoms with E-state index in [-0.39, 0.29) is 12.1 Å². The van der Waals surface area contributed by atoms with Crippen LogP contribution in [0.5, 0.6) is 0 Å².